The molecule has 8 nitrogen and oxygen atoms in total. The summed E-state index contributed by atoms with van der Waals surface area (Å²) in [7, 11) is 0. The molecule has 0 aliphatic carbocycles. The van der Waals surface area contributed by atoms with Crippen LogP contribution in [0, 0.1) is 0 Å². The summed E-state index contributed by atoms with van der Waals surface area (Å²) in [6.45, 7) is 10.4. The second-order valence-corrected chi connectivity index (χ2v) is 9.52. The van der Waals surface area contributed by atoms with E-state index in [4.69, 9.17) is 14.2 Å². The molecule has 0 spiro atoms. The summed E-state index contributed by atoms with van der Waals surface area (Å²) >= 11 is 0. The number of esters is 1. The number of ether oxygens (including phenoxy) is 3. The zero-order chi connectivity index (χ0) is 25.4. The van der Waals surface area contributed by atoms with Crippen LogP contribution in [0.3, 0.4) is 0 Å². The smallest absolute Gasteiger partial charge is 0.412 e. The second-order valence-electron chi connectivity index (χ2n) is 9.52. The number of amides is 2. The first kappa shape index (κ1) is 26.4. The van der Waals surface area contributed by atoms with Gasteiger partial charge in [0.2, 0.25) is 0 Å². The molecule has 2 rings (SSSR count). The first-order valence-electron chi connectivity index (χ1n) is 10.8. The number of benzene rings is 2. The van der Waals surface area contributed by atoms with Crippen LogP contribution in [-0.2, 0) is 25.6 Å². The fraction of sp³-hybridized carbons (Fsp3) is 0.346. The van der Waals surface area contributed by atoms with Crippen LogP contribution in [0.5, 0.6) is 0 Å². The number of hydrogen-bond acceptors (Lipinski definition) is 6. The van der Waals surface area contributed by atoms with Gasteiger partial charge in [-0.05, 0) is 76.9 Å². The molecule has 0 saturated heterocycles. The van der Waals surface area contributed by atoms with Gasteiger partial charge < -0.3 is 14.2 Å². The Morgan fingerprint density at radius 1 is 0.794 bits per heavy atom. The lowest BCUT2D eigenvalue weighted by Crippen LogP contribution is -2.28. The summed E-state index contributed by atoms with van der Waals surface area (Å²) in [5, 5.41) is 5.25. The average molecular weight is 469 g/mol. The molecule has 0 heterocycles. The first-order valence-corrected chi connectivity index (χ1v) is 10.8. The van der Waals surface area contributed by atoms with E-state index in [2.05, 4.69) is 10.6 Å². The minimum Gasteiger partial charge on any atom is -0.458 e. The van der Waals surface area contributed by atoms with Crippen molar-refractivity contribution in [2.24, 2.45) is 0 Å². The van der Waals surface area contributed by atoms with Crippen molar-refractivity contribution in [2.45, 2.75) is 59.4 Å². The Balaban J connectivity index is 2.14. The second kappa shape index (κ2) is 11.4. The highest BCUT2D eigenvalue weighted by Crippen LogP contribution is 2.22. The summed E-state index contributed by atoms with van der Waals surface area (Å²) in [4.78, 5) is 36.6. The van der Waals surface area contributed by atoms with Gasteiger partial charge in [0, 0.05) is 17.5 Å². The van der Waals surface area contributed by atoms with Crippen molar-refractivity contribution in [3.05, 3.63) is 65.7 Å². The molecule has 34 heavy (non-hydrogen) atoms. The van der Waals surface area contributed by atoms with Gasteiger partial charge in [-0.3, -0.25) is 10.6 Å². The van der Waals surface area contributed by atoms with Crippen LogP contribution >= 0.6 is 0 Å². The highest BCUT2D eigenvalue weighted by molar-refractivity contribution is 5.90. The van der Waals surface area contributed by atoms with Gasteiger partial charge in [-0.1, -0.05) is 30.3 Å². The van der Waals surface area contributed by atoms with Crippen LogP contribution in [-0.4, -0.2) is 29.4 Å². The van der Waals surface area contributed by atoms with Gasteiger partial charge in [0.1, 0.15) is 17.8 Å². The maximum atomic E-state index is 12.2. The SMILES string of the molecule is CC(C)(C)OC(=O)Nc1cc(COC(=O)C=Cc2ccccc2)cc(NC(=O)OC(C)(C)C)c1. The monoisotopic (exact) mass is 468 g/mol. The zero-order valence-electron chi connectivity index (χ0n) is 20.4. The molecule has 0 aromatic heterocycles. The summed E-state index contributed by atoms with van der Waals surface area (Å²) in [5.41, 5.74) is 0.759. The molecule has 0 aliphatic heterocycles. The van der Waals surface area contributed by atoms with Gasteiger partial charge >= 0.3 is 18.2 Å². The van der Waals surface area contributed by atoms with Crippen molar-refractivity contribution in [3.8, 4) is 0 Å². The normalized spacial score (nSPS) is 11.6. The largest absolute Gasteiger partial charge is 0.458 e. The lowest BCUT2D eigenvalue weighted by molar-refractivity contribution is -0.138. The minimum atomic E-state index is -0.681. The number of nitrogens with one attached hydrogen (secondary N) is 2. The molecule has 0 aliphatic rings. The van der Waals surface area contributed by atoms with Crippen LogP contribution in [0.4, 0.5) is 21.0 Å². The Bertz CT molecular complexity index is 985. The number of carbonyl (C=O) groups is 3. The predicted octanol–water partition coefficient (Wildman–Crippen LogP) is 6.14. The third-order valence-electron chi connectivity index (χ3n) is 3.88. The molecule has 0 saturated carbocycles. The Morgan fingerprint density at radius 2 is 1.29 bits per heavy atom. The number of anilines is 2. The Morgan fingerprint density at radius 3 is 1.76 bits per heavy atom. The Kier molecular flexibility index (Phi) is 8.83. The van der Waals surface area contributed by atoms with Crippen LogP contribution in [0.1, 0.15) is 52.7 Å². The van der Waals surface area contributed by atoms with Crippen molar-refractivity contribution < 1.29 is 28.6 Å². The Labute approximate surface area is 200 Å². The molecule has 2 aromatic rings. The number of rotatable bonds is 6. The molecule has 0 bridgehead atoms. The lowest BCUT2D eigenvalue weighted by atomic mass is 10.1. The molecule has 2 amide bonds. The third-order valence-corrected chi connectivity index (χ3v) is 3.88. The van der Waals surface area contributed by atoms with Gasteiger partial charge in [-0.15, -0.1) is 0 Å². The third kappa shape index (κ3) is 10.7. The molecular formula is C26H32N2O6. The van der Waals surface area contributed by atoms with E-state index in [1.165, 1.54) is 6.08 Å². The molecule has 182 valence electrons. The van der Waals surface area contributed by atoms with E-state index < -0.39 is 29.4 Å². The first-order chi connectivity index (χ1) is 15.8. The highest BCUT2D eigenvalue weighted by atomic mass is 16.6. The molecule has 2 aromatic carbocycles. The fourth-order valence-electron chi connectivity index (χ4n) is 2.69. The quantitative estimate of drug-likeness (QED) is 0.300. The molecule has 8 heteroatoms. The van der Waals surface area contributed by atoms with Crippen molar-refractivity contribution in [3.63, 3.8) is 0 Å². The van der Waals surface area contributed by atoms with E-state index in [1.54, 1.807) is 65.8 Å². The summed E-state index contributed by atoms with van der Waals surface area (Å²) in [6.07, 6.45) is 1.67. The highest BCUT2D eigenvalue weighted by Gasteiger charge is 2.19. The van der Waals surface area contributed by atoms with E-state index in [-0.39, 0.29) is 6.61 Å². The van der Waals surface area contributed by atoms with E-state index in [9.17, 15) is 14.4 Å². The molecular weight excluding hydrogens is 436 g/mol. The standard InChI is InChI=1S/C26H32N2O6/c1-25(2,3)33-23(30)27-20-14-19(15-21(16-20)28-24(31)34-26(4,5)6)17-32-22(29)13-12-18-10-8-7-9-11-18/h7-16H,17H2,1-6H3,(H,27,30)(H,28,31). The maximum Gasteiger partial charge on any atom is 0.412 e. The van der Waals surface area contributed by atoms with Crippen molar-refractivity contribution in [1.82, 2.24) is 0 Å². The summed E-state index contributed by atoms with van der Waals surface area (Å²) in [5.74, 6) is -0.531. The molecule has 2 N–H and O–H groups in total. The van der Waals surface area contributed by atoms with Crippen LogP contribution in [0.2, 0.25) is 0 Å². The van der Waals surface area contributed by atoms with Crippen molar-refractivity contribution in [2.75, 3.05) is 10.6 Å². The number of carbonyl (C=O) groups excluding carboxylic acids is 3. The summed E-state index contributed by atoms with van der Waals surface area (Å²) < 4.78 is 15.9. The topological polar surface area (TPSA) is 103 Å². The van der Waals surface area contributed by atoms with Crippen LogP contribution in [0.25, 0.3) is 6.08 Å². The molecule has 0 unspecified atom stereocenters. The van der Waals surface area contributed by atoms with Gasteiger partial charge in [-0.2, -0.15) is 0 Å². The maximum absolute atomic E-state index is 12.2. The lowest BCUT2D eigenvalue weighted by Gasteiger charge is -2.21. The van der Waals surface area contributed by atoms with Crippen molar-refractivity contribution >= 4 is 35.6 Å². The molecule has 0 radical (unpaired) electrons. The minimum absolute atomic E-state index is 0.0786. The van der Waals surface area contributed by atoms with Gasteiger partial charge in [0.05, 0.1) is 0 Å². The number of hydrogen-bond donors (Lipinski definition) is 2. The zero-order valence-corrected chi connectivity index (χ0v) is 20.4. The Hall–Kier alpha value is -3.81. The van der Waals surface area contributed by atoms with Crippen LogP contribution < -0.4 is 10.6 Å². The predicted molar refractivity (Wildman–Crippen MR) is 131 cm³/mol. The van der Waals surface area contributed by atoms with Crippen LogP contribution in [0.15, 0.2) is 54.6 Å². The molecule has 0 fully saturated rings. The van der Waals surface area contributed by atoms with E-state index in [0.29, 0.717) is 16.9 Å². The fourth-order valence-corrected chi connectivity index (χ4v) is 2.69. The average Bonchev–Trinajstić information content (AvgIpc) is 2.68. The van der Waals surface area contributed by atoms with Crippen molar-refractivity contribution in [1.29, 1.82) is 0 Å². The van der Waals surface area contributed by atoms with Gasteiger partial charge in [0.15, 0.2) is 0 Å². The van der Waals surface area contributed by atoms with E-state index in [1.807, 2.05) is 30.3 Å². The van der Waals surface area contributed by atoms with E-state index in [0.717, 1.165) is 5.56 Å². The van der Waals surface area contributed by atoms with Gasteiger partial charge in [0.25, 0.3) is 0 Å². The van der Waals surface area contributed by atoms with Gasteiger partial charge in [-0.25, -0.2) is 14.4 Å². The van der Waals surface area contributed by atoms with E-state index >= 15 is 0 Å². The molecule has 0 atom stereocenters. The summed E-state index contributed by atoms with van der Waals surface area (Å²) in [6, 6.07) is 14.2.